The molecule has 0 spiro atoms. The highest BCUT2D eigenvalue weighted by Crippen LogP contribution is 2.39. The summed E-state index contributed by atoms with van der Waals surface area (Å²) in [6.07, 6.45) is 3.65. The summed E-state index contributed by atoms with van der Waals surface area (Å²) in [5.41, 5.74) is -0.823. The summed E-state index contributed by atoms with van der Waals surface area (Å²) in [4.78, 5) is 30.6. The summed E-state index contributed by atoms with van der Waals surface area (Å²) < 4.78 is 4.55. The van der Waals surface area contributed by atoms with Gasteiger partial charge in [-0.25, -0.2) is 14.8 Å². The molecule has 1 aromatic rings. The van der Waals surface area contributed by atoms with E-state index >= 15 is 0 Å². The highest BCUT2D eigenvalue weighted by Gasteiger charge is 2.45. The van der Waals surface area contributed by atoms with Crippen molar-refractivity contribution in [1.29, 1.82) is 0 Å². The summed E-state index contributed by atoms with van der Waals surface area (Å²) in [7, 11) is 1.25. The summed E-state index contributed by atoms with van der Waals surface area (Å²) in [5.74, 6) is -1.07. The van der Waals surface area contributed by atoms with Crippen LogP contribution >= 0.6 is 0 Å². The van der Waals surface area contributed by atoms with E-state index in [0.29, 0.717) is 12.2 Å². The molecule has 1 heterocycles. The number of carbonyl (C=O) groups is 2. The third kappa shape index (κ3) is 2.56. The third-order valence-electron chi connectivity index (χ3n) is 3.79. The largest absolute Gasteiger partial charge is 0.481 e. The molecule has 0 bridgehead atoms. The van der Waals surface area contributed by atoms with Crippen molar-refractivity contribution in [2.24, 2.45) is 5.41 Å². The lowest BCUT2D eigenvalue weighted by Crippen LogP contribution is -2.40. The van der Waals surface area contributed by atoms with E-state index < -0.39 is 17.4 Å². The van der Waals surface area contributed by atoms with E-state index in [4.69, 9.17) is 0 Å². The fourth-order valence-corrected chi connectivity index (χ4v) is 2.46. The minimum atomic E-state index is -0.824. The van der Waals surface area contributed by atoms with Gasteiger partial charge in [0.2, 0.25) is 5.82 Å². The molecular formula is C13H17N3O4. The molecule has 2 unspecified atom stereocenters. The molecule has 108 valence electrons. The van der Waals surface area contributed by atoms with E-state index in [9.17, 15) is 14.7 Å². The fourth-order valence-electron chi connectivity index (χ4n) is 2.46. The minimum Gasteiger partial charge on any atom is -0.481 e. The molecule has 20 heavy (non-hydrogen) atoms. The molecule has 2 N–H and O–H groups in total. The van der Waals surface area contributed by atoms with Crippen molar-refractivity contribution in [2.45, 2.75) is 32.2 Å². The Bertz CT molecular complexity index is 534. The van der Waals surface area contributed by atoms with Crippen LogP contribution in [-0.2, 0) is 9.53 Å². The monoisotopic (exact) mass is 279 g/mol. The number of carboxylic acids is 1. The number of nitrogens with zero attached hydrogens (tertiary/aromatic N) is 2. The number of aliphatic carboxylic acids is 1. The van der Waals surface area contributed by atoms with Gasteiger partial charge in [0.15, 0.2) is 0 Å². The van der Waals surface area contributed by atoms with Crippen LogP contribution in [0.25, 0.3) is 0 Å². The topological polar surface area (TPSA) is 101 Å². The van der Waals surface area contributed by atoms with E-state index in [1.54, 1.807) is 13.0 Å². The summed E-state index contributed by atoms with van der Waals surface area (Å²) in [6, 6.07) is 1.38. The number of esters is 1. The normalized spacial score (nSPS) is 25.2. The molecule has 0 radical (unpaired) electrons. The molecule has 1 aliphatic rings. The van der Waals surface area contributed by atoms with Gasteiger partial charge in [0, 0.05) is 12.2 Å². The first-order valence-corrected chi connectivity index (χ1v) is 6.38. The standard InChI is InChI=1S/C13H17N3O4/c1-13(12(18)19)6-3-4-8(13)15-9-5-7-14-10(16-9)11(17)20-2/h5,7-8H,3-4,6H2,1-2H3,(H,18,19)(H,14,15,16). The molecule has 1 saturated carbocycles. The van der Waals surface area contributed by atoms with Crippen LogP contribution in [0.4, 0.5) is 5.82 Å². The van der Waals surface area contributed by atoms with Crippen LogP contribution in [-0.4, -0.2) is 40.2 Å². The zero-order chi connectivity index (χ0) is 14.8. The lowest BCUT2D eigenvalue weighted by atomic mass is 9.85. The SMILES string of the molecule is COC(=O)c1nccc(NC2CCCC2(C)C(=O)O)n1. The Morgan fingerprint density at radius 3 is 2.95 bits per heavy atom. The third-order valence-corrected chi connectivity index (χ3v) is 3.79. The molecule has 0 aromatic carbocycles. The molecule has 1 fully saturated rings. The second kappa shape index (κ2) is 5.44. The Hall–Kier alpha value is -2.18. The van der Waals surface area contributed by atoms with Crippen LogP contribution in [0.5, 0.6) is 0 Å². The second-order valence-corrected chi connectivity index (χ2v) is 5.07. The van der Waals surface area contributed by atoms with Crippen molar-refractivity contribution in [3.05, 3.63) is 18.1 Å². The maximum Gasteiger partial charge on any atom is 0.376 e. The van der Waals surface area contributed by atoms with Gasteiger partial charge in [0.1, 0.15) is 5.82 Å². The second-order valence-electron chi connectivity index (χ2n) is 5.07. The summed E-state index contributed by atoms with van der Waals surface area (Å²) in [6.45, 7) is 1.72. The van der Waals surface area contributed by atoms with Gasteiger partial charge in [-0.05, 0) is 25.8 Å². The van der Waals surface area contributed by atoms with Crippen molar-refractivity contribution >= 4 is 17.8 Å². The molecular weight excluding hydrogens is 262 g/mol. The van der Waals surface area contributed by atoms with Crippen molar-refractivity contribution in [3.8, 4) is 0 Å². The number of hydrogen-bond donors (Lipinski definition) is 2. The highest BCUT2D eigenvalue weighted by molar-refractivity contribution is 5.85. The number of methoxy groups -OCH3 is 1. The van der Waals surface area contributed by atoms with Crippen molar-refractivity contribution < 1.29 is 19.4 Å². The average Bonchev–Trinajstić information content (AvgIpc) is 2.81. The number of aromatic nitrogens is 2. The predicted molar refractivity (Wildman–Crippen MR) is 70.4 cm³/mol. The van der Waals surface area contributed by atoms with Crippen LogP contribution in [0.2, 0.25) is 0 Å². The van der Waals surface area contributed by atoms with Crippen LogP contribution in [0.1, 0.15) is 36.8 Å². The molecule has 2 atom stereocenters. The van der Waals surface area contributed by atoms with E-state index in [0.717, 1.165) is 12.8 Å². The summed E-state index contributed by atoms with van der Waals surface area (Å²) >= 11 is 0. The Labute approximate surface area is 116 Å². The molecule has 7 heteroatoms. The highest BCUT2D eigenvalue weighted by atomic mass is 16.5. The van der Waals surface area contributed by atoms with Gasteiger partial charge >= 0.3 is 11.9 Å². The van der Waals surface area contributed by atoms with Gasteiger partial charge in [0.05, 0.1) is 12.5 Å². The molecule has 0 amide bonds. The molecule has 2 rings (SSSR count). The Morgan fingerprint density at radius 1 is 1.55 bits per heavy atom. The first-order chi connectivity index (χ1) is 9.47. The molecule has 7 nitrogen and oxygen atoms in total. The first kappa shape index (κ1) is 14.2. The average molecular weight is 279 g/mol. The zero-order valence-electron chi connectivity index (χ0n) is 11.4. The molecule has 1 aromatic heterocycles. The smallest absolute Gasteiger partial charge is 0.376 e. The zero-order valence-corrected chi connectivity index (χ0v) is 11.4. The number of ether oxygens (including phenoxy) is 1. The number of nitrogens with one attached hydrogen (secondary N) is 1. The Morgan fingerprint density at radius 2 is 2.30 bits per heavy atom. The van der Waals surface area contributed by atoms with Gasteiger partial charge in [0.25, 0.3) is 0 Å². The summed E-state index contributed by atoms with van der Waals surface area (Å²) in [5, 5.41) is 12.4. The minimum absolute atomic E-state index is 0.0486. The fraction of sp³-hybridized carbons (Fsp3) is 0.538. The van der Waals surface area contributed by atoms with Gasteiger partial charge < -0.3 is 15.2 Å². The van der Waals surface area contributed by atoms with Crippen LogP contribution < -0.4 is 5.32 Å². The van der Waals surface area contributed by atoms with Crippen LogP contribution in [0, 0.1) is 5.41 Å². The van der Waals surface area contributed by atoms with E-state index in [-0.39, 0.29) is 11.9 Å². The van der Waals surface area contributed by atoms with Gasteiger partial charge in [-0.15, -0.1) is 0 Å². The maximum absolute atomic E-state index is 11.4. The van der Waals surface area contributed by atoms with Gasteiger partial charge in [-0.2, -0.15) is 0 Å². The van der Waals surface area contributed by atoms with E-state index in [2.05, 4.69) is 20.0 Å². The van der Waals surface area contributed by atoms with Crippen molar-refractivity contribution in [2.75, 3.05) is 12.4 Å². The van der Waals surface area contributed by atoms with Gasteiger partial charge in [-0.1, -0.05) is 6.42 Å². The first-order valence-electron chi connectivity index (χ1n) is 6.38. The molecule has 1 aliphatic carbocycles. The molecule has 0 saturated heterocycles. The number of carboxylic acid groups (broad SMARTS) is 1. The lowest BCUT2D eigenvalue weighted by Gasteiger charge is -2.28. The maximum atomic E-state index is 11.4. The number of rotatable bonds is 4. The number of anilines is 1. The quantitative estimate of drug-likeness (QED) is 0.801. The molecule has 0 aliphatic heterocycles. The van der Waals surface area contributed by atoms with Crippen LogP contribution in [0.3, 0.4) is 0 Å². The predicted octanol–water partition coefficient (Wildman–Crippen LogP) is 1.32. The van der Waals surface area contributed by atoms with E-state index in [1.807, 2.05) is 0 Å². The van der Waals surface area contributed by atoms with Crippen molar-refractivity contribution in [3.63, 3.8) is 0 Å². The van der Waals surface area contributed by atoms with E-state index in [1.165, 1.54) is 13.3 Å². The van der Waals surface area contributed by atoms with Crippen molar-refractivity contribution in [1.82, 2.24) is 9.97 Å². The van der Waals surface area contributed by atoms with Crippen LogP contribution in [0.15, 0.2) is 12.3 Å². The Balaban J connectivity index is 2.18. The van der Waals surface area contributed by atoms with Gasteiger partial charge in [-0.3, -0.25) is 4.79 Å². The number of carbonyl (C=O) groups excluding carboxylic acids is 1. The lowest BCUT2D eigenvalue weighted by molar-refractivity contribution is -0.147. The number of hydrogen-bond acceptors (Lipinski definition) is 6. The Kier molecular flexibility index (Phi) is 3.87.